The van der Waals surface area contributed by atoms with E-state index >= 15 is 0 Å². The molecule has 4 heteroatoms. The summed E-state index contributed by atoms with van der Waals surface area (Å²) in [5.41, 5.74) is 3.58. The zero-order valence-corrected chi connectivity index (χ0v) is 13.1. The highest BCUT2D eigenvalue weighted by Gasteiger charge is 2.21. The third-order valence-corrected chi connectivity index (χ3v) is 4.98. The Morgan fingerprint density at radius 3 is 3.05 bits per heavy atom. The van der Waals surface area contributed by atoms with Gasteiger partial charge >= 0.3 is 0 Å². The summed E-state index contributed by atoms with van der Waals surface area (Å²) in [7, 11) is 0. The number of aryl methyl sites for hydroxylation is 2. The van der Waals surface area contributed by atoms with Crippen LogP contribution in [0.15, 0.2) is 39.9 Å². The molecule has 1 aromatic carbocycles. The smallest absolute Gasteiger partial charge is 0.267 e. The van der Waals surface area contributed by atoms with E-state index in [1.54, 1.807) is 10.9 Å². The molecule has 0 bridgehead atoms. The Balaban J connectivity index is 1.94. The number of fused-ring (bicyclic) bond motifs is 1. The molecule has 3 rings (SSSR count). The van der Waals surface area contributed by atoms with Gasteiger partial charge in [0.25, 0.3) is 5.56 Å². The molecule has 0 saturated carbocycles. The van der Waals surface area contributed by atoms with E-state index in [4.69, 9.17) is 0 Å². The van der Waals surface area contributed by atoms with Crippen LogP contribution in [0.2, 0.25) is 0 Å². The van der Waals surface area contributed by atoms with Gasteiger partial charge in [-0.05, 0) is 53.2 Å². The first kappa shape index (κ1) is 13.6. The molecule has 0 amide bonds. The number of nitrogens with zero attached hydrogens (tertiary/aromatic N) is 2. The lowest BCUT2D eigenvalue weighted by atomic mass is 9.83. The monoisotopic (exact) mass is 332 g/mol. The van der Waals surface area contributed by atoms with Gasteiger partial charge in [-0.25, -0.2) is 4.98 Å². The zero-order valence-electron chi connectivity index (χ0n) is 11.5. The number of aromatic nitrogens is 2. The molecule has 20 heavy (non-hydrogen) atoms. The van der Waals surface area contributed by atoms with E-state index in [0.717, 1.165) is 18.5 Å². The second-order valence-corrected chi connectivity index (χ2v) is 6.18. The molecule has 104 valence electrons. The Morgan fingerprint density at radius 2 is 2.20 bits per heavy atom. The van der Waals surface area contributed by atoms with Gasteiger partial charge in [0, 0.05) is 12.5 Å². The first-order valence-corrected chi connectivity index (χ1v) is 7.75. The second-order valence-electron chi connectivity index (χ2n) is 5.39. The Labute approximate surface area is 126 Å². The van der Waals surface area contributed by atoms with Gasteiger partial charge in [-0.1, -0.05) is 24.3 Å². The van der Waals surface area contributed by atoms with Crippen LogP contribution in [-0.4, -0.2) is 9.55 Å². The lowest BCUT2D eigenvalue weighted by Gasteiger charge is -2.26. The van der Waals surface area contributed by atoms with E-state index in [0.29, 0.717) is 16.9 Å². The standard InChI is InChI=1S/C16H17BrN2O/c1-11-15(17)16(20)19(10-18-11)9-13-7-4-6-12-5-2-3-8-14(12)13/h2-3,5,8,10,13H,4,6-7,9H2,1H3. The van der Waals surface area contributed by atoms with Crippen molar-refractivity contribution in [2.75, 3.05) is 0 Å². The Morgan fingerprint density at radius 1 is 1.40 bits per heavy atom. The quantitative estimate of drug-likeness (QED) is 0.844. The van der Waals surface area contributed by atoms with Crippen LogP contribution >= 0.6 is 15.9 Å². The molecule has 1 atom stereocenters. The van der Waals surface area contributed by atoms with E-state index in [1.165, 1.54) is 17.5 Å². The van der Waals surface area contributed by atoms with Gasteiger partial charge in [-0.2, -0.15) is 0 Å². The molecule has 0 fully saturated rings. The van der Waals surface area contributed by atoms with Crippen molar-refractivity contribution in [2.45, 2.75) is 38.6 Å². The first-order valence-electron chi connectivity index (χ1n) is 6.96. The molecule has 1 aliphatic carbocycles. The molecule has 0 radical (unpaired) electrons. The van der Waals surface area contributed by atoms with Gasteiger partial charge < -0.3 is 0 Å². The summed E-state index contributed by atoms with van der Waals surface area (Å²) >= 11 is 3.33. The third kappa shape index (κ3) is 2.44. The van der Waals surface area contributed by atoms with Crippen LogP contribution in [0.25, 0.3) is 0 Å². The minimum absolute atomic E-state index is 0.0144. The molecule has 1 unspecified atom stereocenters. The van der Waals surface area contributed by atoms with Crippen molar-refractivity contribution in [3.05, 3.63) is 62.2 Å². The predicted molar refractivity (Wildman–Crippen MR) is 83.1 cm³/mol. The fraction of sp³-hybridized carbons (Fsp3) is 0.375. The maximum Gasteiger partial charge on any atom is 0.267 e. The lowest BCUT2D eigenvalue weighted by molar-refractivity contribution is 0.471. The van der Waals surface area contributed by atoms with E-state index in [9.17, 15) is 4.79 Å². The molecule has 1 aliphatic rings. The molecule has 0 spiro atoms. The van der Waals surface area contributed by atoms with Crippen molar-refractivity contribution in [1.29, 1.82) is 0 Å². The van der Waals surface area contributed by atoms with Crippen molar-refractivity contribution in [2.24, 2.45) is 0 Å². The Hall–Kier alpha value is -1.42. The van der Waals surface area contributed by atoms with Crippen LogP contribution in [0, 0.1) is 6.92 Å². The molecule has 0 aliphatic heterocycles. The number of halogens is 1. The van der Waals surface area contributed by atoms with Gasteiger partial charge in [-0.15, -0.1) is 0 Å². The molecule has 1 heterocycles. The molecular weight excluding hydrogens is 316 g/mol. The van der Waals surface area contributed by atoms with Gasteiger partial charge in [0.15, 0.2) is 0 Å². The largest absolute Gasteiger partial charge is 0.298 e. The molecular formula is C16H17BrN2O. The summed E-state index contributed by atoms with van der Waals surface area (Å²) < 4.78 is 2.30. The van der Waals surface area contributed by atoms with Gasteiger partial charge in [0.05, 0.1) is 12.0 Å². The highest BCUT2D eigenvalue weighted by molar-refractivity contribution is 9.10. The fourth-order valence-corrected chi connectivity index (χ4v) is 3.29. The first-order chi connectivity index (χ1) is 9.66. The molecule has 3 nitrogen and oxygen atoms in total. The number of hydrogen-bond donors (Lipinski definition) is 0. The van der Waals surface area contributed by atoms with Crippen LogP contribution in [0.1, 0.15) is 35.6 Å². The normalized spacial score (nSPS) is 17.8. The molecule has 0 saturated heterocycles. The highest BCUT2D eigenvalue weighted by Crippen LogP contribution is 2.32. The summed E-state index contributed by atoms with van der Waals surface area (Å²) in [5.74, 6) is 0.411. The fourth-order valence-electron chi connectivity index (χ4n) is 2.96. The summed E-state index contributed by atoms with van der Waals surface area (Å²) in [6.07, 6.45) is 5.14. The van der Waals surface area contributed by atoms with Crippen LogP contribution in [0.3, 0.4) is 0 Å². The van der Waals surface area contributed by atoms with Gasteiger partial charge in [0.1, 0.15) is 4.47 Å². The summed E-state index contributed by atoms with van der Waals surface area (Å²) in [4.78, 5) is 16.5. The number of benzene rings is 1. The summed E-state index contributed by atoms with van der Waals surface area (Å²) in [6.45, 7) is 2.55. The minimum Gasteiger partial charge on any atom is -0.298 e. The van der Waals surface area contributed by atoms with Crippen molar-refractivity contribution in [3.63, 3.8) is 0 Å². The van der Waals surface area contributed by atoms with Crippen LogP contribution in [0.5, 0.6) is 0 Å². The van der Waals surface area contributed by atoms with Crippen molar-refractivity contribution in [1.82, 2.24) is 9.55 Å². The SMILES string of the molecule is Cc1ncn(CC2CCCc3ccccc32)c(=O)c1Br. The third-order valence-electron chi connectivity index (χ3n) is 4.07. The van der Waals surface area contributed by atoms with Gasteiger partial charge in [0.2, 0.25) is 0 Å². The summed E-state index contributed by atoms with van der Waals surface area (Å²) in [6, 6.07) is 8.58. The second kappa shape index (κ2) is 5.52. The maximum absolute atomic E-state index is 12.3. The Bertz CT molecular complexity index is 693. The van der Waals surface area contributed by atoms with Crippen molar-refractivity contribution in [3.8, 4) is 0 Å². The van der Waals surface area contributed by atoms with E-state index in [-0.39, 0.29) is 5.56 Å². The van der Waals surface area contributed by atoms with Gasteiger partial charge in [-0.3, -0.25) is 9.36 Å². The highest BCUT2D eigenvalue weighted by atomic mass is 79.9. The molecule has 1 aromatic heterocycles. The van der Waals surface area contributed by atoms with E-state index in [1.807, 2.05) is 6.92 Å². The lowest BCUT2D eigenvalue weighted by Crippen LogP contribution is -2.26. The molecule has 0 N–H and O–H groups in total. The summed E-state index contributed by atoms with van der Waals surface area (Å²) in [5, 5.41) is 0. The van der Waals surface area contributed by atoms with E-state index in [2.05, 4.69) is 45.2 Å². The van der Waals surface area contributed by atoms with Crippen LogP contribution in [0.4, 0.5) is 0 Å². The predicted octanol–water partition coefficient (Wildman–Crippen LogP) is 3.43. The number of rotatable bonds is 2. The average Bonchev–Trinajstić information content (AvgIpc) is 2.48. The number of hydrogen-bond acceptors (Lipinski definition) is 2. The topological polar surface area (TPSA) is 34.9 Å². The van der Waals surface area contributed by atoms with Crippen LogP contribution in [-0.2, 0) is 13.0 Å². The van der Waals surface area contributed by atoms with Crippen molar-refractivity contribution < 1.29 is 0 Å². The molecule has 2 aromatic rings. The minimum atomic E-state index is 0.0144. The van der Waals surface area contributed by atoms with Crippen LogP contribution < -0.4 is 5.56 Å². The zero-order chi connectivity index (χ0) is 14.1. The Kier molecular flexibility index (Phi) is 3.74. The van der Waals surface area contributed by atoms with E-state index < -0.39 is 0 Å². The average molecular weight is 333 g/mol. The van der Waals surface area contributed by atoms with Crippen molar-refractivity contribution >= 4 is 15.9 Å². The maximum atomic E-state index is 12.3.